The van der Waals surface area contributed by atoms with Crippen molar-refractivity contribution in [3.63, 3.8) is 0 Å². The highest BCUT2D eigenvalue weighted by molar-refractivity contribution is 6.08. The molecule has 0 spiro atoms. The number of aromatic nitrogens is 9. The van der Waals surface area contributed by atoms with E-state index < -0.39 is 0 Å². The molecular formula is C30H29N13. The van der Waals surface area contributed by atoms with Gasteiger partial charge >= 0.3 is 0 Å². The lowest BCUT2D eigenvalue weighted by Gasteiger charge is -2.17. The summed E-state index contributed by atoms with van der Waals surface area (Å²) in [6.07, 6.45) is 5.15. The van der Waals surface area contributed by atoms with Gasteiger partial charge in [-0.15, -0.1) is 0 Å². The smallest absolute Gasteiger partial charge is 0.240 e. The largest absolute Gasteiger partial charge is 0.386 e. The first kappa shape index (κ1) is 25.0. The minimum atomic E-state index is 0.502. The second-order valence-electron chi connectivity index (χ2n) is 10.9. The third-order valence-electron chi connectivity index (χ3n) is 8.07. The quantitative estimate of drug-likeness (QED) is 0.301. The molecule has 0 saturated carbocycles. The Morgan fingerprint density at radius 2 is 1.07 bits per heavy atom. The molecule has 43 heavy (non-hydrogen) atoms. The molecule has 214 valence electrons. The van der Waals surface area contributed by atoms with Crippen LogP contribution in [-0.4, -0.2) is 85.7 Å². The third-order valence-corrected chi connectivity index (χ3v) is 8.07. The van der Waals surface area contributed by atoms with E-state index in [0.29, 0.717) is 11.6 Å². The third kappa shape index (κ3) is 3.44. The molecule has 3 aromatic carbocycles. The molecular weight excluding hydrogens is 542 g/mol. The Kier molecular flexibility index (Phi) is 5.17. The maximum absolute atomic E-state index is 5.02. The molecule has 5 heterocycles. The number of fused-ring (bicyclic) bond motifs is 2. The lowest BCUT2D eigenvalue weighted by molar-refractivity contribution is 0.958. The van der Waals surface area contributed by atoms with Gasteiger partial charge in [-0.05, 0) is 36.4 Å². The highest BCUT2D eigenvalue weighted by Crippen LogP contribution is 2.38. The van der Waals surface area contributed by atoms with Crippen molar-refractivity contribution in [2.75, 3.05) is 62.7 Å². The molecule has 0 atom stereocenters. The van der Waals surface area contributed by atoms with Gasteiger partial charge in [-0.25, -0.2) is 24.3 Å². The average Bonchev–Trinajstić information content (AvgIpc) is 3.76. The van der Waals surface area contributed by atoms with Crippen LogP contribution in [0, 0.1) is 0 Å². The van der Waals surface area contributed by atoms with Crippen molar-refractivity contribution in [1.82, 2.24) is 43.4 Å². The Morgan fingerprint density at radius 1 is 0.605 bits per heavy atom. The zero-order chi connectivity index (χ0) is 29.6. The normalized spacial score (nSPS) is 12.0. The number of benzene rings is 2. The van der Waals surface area contributed by atoms with Crippen LogP contribution in [-0.2, 0) is 0 Å². The van der Waals surface area contributed by atoms with Crippen molar-refractivity contribution < 1.29 is 0 Å². The van der Waals surface area contributed by atoms with Crippen LogP contribution in [0.15, 0.2) is 55.4 Å². The Bertz CT molecular complexity index is 2180. The van der Waals surface area contributed by atoms with E-state index in [0.717, 1.165) is 72.7 Å². The number of nitrogens with one attached hydrogen (secondary N) is 2. The summed E-state index contributed by atoms with van der Waals surface area (Å²) in [6.45, 7) is 0. The summed E-state index contributed by atoms with van der Waals surface area (Å²) < 4.78 is 5.98. The van der Waals surface area contributed by atoms with E-state index in [1.165, 1.54) is 6.33 Å². The lowest BCUT2D eigenvalue weighted by atomic mass is 10.2. The molecule has 0 aliphatic carbocycles. The van der Waals surface area contributed by atoms with E-state index in [4.69, 9.17) is 19.9 Å². The molecule has 0 bridgehead atoms. The maximum Gasteiger partial charge on any atom is 0.240 e. The van der Waals surface area contributed by atoms with Crippen molar-refractivity contribution in [1.29, 1.82) is 0 Å². The van der Waals surface area contributed by atoms with Crippen molar-refractivity contribution in [3.8, 4) is 11.6 Å². The molecule has 0 aliphatic rings. The van der Waals surface area contributed by atoms with Gasteiger partial charge in [-0.3, -0.25) is 9.13 Å². The van der Waals surface area contributed by atoms with Gasteiger partial charge in [0.2, 0.25) is 11.6 Å². The molecule has 8 aromatic rings. The first-order chi connectivity index (χ1) is 20.9. The average molecular weight is 572 g/mol. The second-order valence-corrected chi connectivity index (χ2v) is 10.9. The highest BCUT2D eigenvalue weighted by Gasteiger charge is 2.23. The molecule has 2 N–H and O–H groups in total. The maximum atomic E-state index is 5.02. The van der Waals surface area contributed by atoms with Gasteiger partial charge in [0.25, 0.3) is 0 Å². The molecule has 8 rings (SSSR count). The minimum absolute atomic E-state index is 0.502. The standard InChI is InChI=1S/C30H29N13/c1-31-20-9-16(39(3)4)11-22-25(20)41(14-35-22)27-18-7-8-19-24(18)43-29(37-27)33-13-34-30(43)38-28(19)42-15-36-23-12-17(40(5)6)10-21(32-2)26(23)42/h7-15,31-32H,1-6H3. The van der Waals surface area contributed by atoms with Gasteiger partial charge in [0.05, 0.1) is 39.0 Å². The summed E-state index contributed by atoms with van der Waals surface area (Å²) in [5.74, 6) is 2.46. The Labute approximate surface area is 245 Å². The molecule has 0 radical (unpaired) electrons. The summed E-state index contributed by atoms with van der Waals surface area (Å²) in [5, 5.41) is 8.57. The van der Waals surface area contributed by atoms with Gasteiger partial charge in [0, 0.05) is 64.4 Å². The summed E-state index contributed by atoms with van der Waals surface area (Å²) in [4.78, 5) is 32.8. The minimum Gasteiger partial charge on any atom is -0.386 e. The van der Waals surface area contributed by atoms with Crippen LogP contribution in [0.2, 0.25) is 0 Å². The molecule has 0 amide bonds. The van der Waals surface area contributed by atoms with Gasteiger partial charge in [-0.1, -0.05) is 0 Å². The van der Waals surface area contributed by atoms with Crippen LogP contribution < -0.4 is 20.4 Å². The van der Waals surface area contributed by atoms with Gasteiger partial charge in [0.1, 0.15) is 19.0 Å². The first-order valence-electron chi connectivity index (χ1n) is 13.9. The molecule has 13 heteroatoms. The van der Waals surface area contributed by atoms with Crippen molar-refractivity contribution in [2.45, 2.75) is 0 Å². The number of hydrogen-bond donors (Lipinski definition) is 2. The van der Waals surface area contributed by atoms with Crippen LogP contribution in [0.5, 0.6) is 0 Å². The number of nitrogens with zero attached hydrogens (tertiary/aromatic N) is 11. The monoisotopic (exact) mass is 571 g/mol. The summed E-state index contributed by atoms with van der Waals surface area (Å²) >= 11 is 0. The van der Waals surface area contributed by atoms with E-state index in [1.807, 2.05) is 68.5 Å². The summed E-state index contributed by atoms with van der Waals surface area (Å²) in [5.41, 5.74) is 8.55. The van der Waals surface area contributed by atoms with Gasteiger partial charge < -0.3 is 20.4 Å². The van der Waals surface area contributed by atoms with E-state index in [1.54, 1.807) is 0 Å². The van der Waals surface area contributed by atoms with Crippen molar-refractivity contribution in [2.24, 2.45) is 0 Å². The topological polar surface area (TPSA) is 122 Å². The number of rotatable bonds is 6. The molecule has 0 aliphatic heterocycles. The molecule has 0 fully saturated rings. The van der Waals surface area contributed by atoms with Gasteiger partial charge in [0.15, 0.2) is 11.6 Å². The van der Waals surface area contributed by atoms with Crippen molar-refractivity contribution in [3.05, 3.63) is 55.4 Å². The number of anilines is 4. The van der Waals surface area contributed by atoms with Gasteiger partial charge in [-0.2, -0.15) is 9.97 Å². The first-order valence-corrected chi connectivity index (χ1v) is 13.9. The predicted octanol–water partition coefficient (Wildman–Crippen LogP) is 4.16. The fourth-order valence-electron chi connectivity index (χ4n) is 5.93. The predicted molar refractivity (Wildman–Crippen MR) is 172 cm³/mol. The van der Waals surface area contributed by atoms with Crippen LogP contribution in [0.1, 0.15) is 0 Å². The van der Waals surface area contributed by atoms with Crippen molar-refractivity contribution >= 4 is 72.7 Å². The van der Waals surface area contributed by atoms with Crippen LogP contribution >= 0.6 is 0 Å². The van der Waals surface area contributed by atoms with E-state index >= 15 is 0 Å². The molecule has 0 saturated heterocycles. The Balaban J connectivity index is 1.44. The Hall–Kier alpha value is -5.72. The van der Waals surface area contributed by atoms with E-state index in [-0.39, 0.29) is 0 Å². The molecule has 0 unspecified atom stereocenters. The highest BCUT2D eigenvalue weighted by atomic mass is 15.2. The fraction of sp³-hybridized carbons (Fsp3) is 0.200. The fourth-order valence-corrected chi connectivity index (χ4v) is 5.93. The Morgan fingerprint density at radius 3 is 1.49 bits per heavy atom. The van der Waals surface area contributed by atoms with E-state index in [2.05, 4.69) is 66.8 Å². The number of hydrogen-bond acceptors (Lipinski definition) is 10. The lowest BCUT2D eigenvalue weighted by Crippen LogP contribution is -2.11. The zero-order valence-corrected chi connectivity index (χ0v) is 24.6. The second kappa shape index (κ2) is 8.89. The van der Waals surface area contributed by atoms with E-state index in [9.17, 15) is 0 Å². The molecule has 13 nitrogen and oxygen atoms in total. The van der Waals surface area contributed by atoms with Crippen LogP contribution in [0.25, 0.3) is 61.5 Å². The number of imidazole rings is 2. The SMILES string of the molecule is CNc1cc(N(C)C)cc2ncn(-c3nc4ncnc5nc(-n6cnc7cc(N(C)C)cc(NC)c76)c6ccc3c6n45)c12. The zero-order valence-electron chi connectivity index (χ0n) is 24.6. The summed E-state index contributed by atoms with van der Waals surface area (Å²) in [7, 11) is 11.9. The van der Waals surface area contributed by atoms with Crippen LogP contribution in [0.3, 0.4) is 0 Å². The summed E-state index contributed by atoms with van der Waals surface area (Å²) in [6, 6.07) is 12.5. The van der Waals surface area contributed by atoms with Crippen LogP contribution in [0.4, 0.5) is 22.7 Å². The molecule has 5 aromatic heterocycles.